The van der Waals surface area contributed by atoms with E-state index in [-0.39, 0.29) is 11.1 Å². The molecule has 1 unspecified atom stereocenters. The fraction of sp³-hybridized carbons (Fsp3) is 0.800. The second-order valence-corrected chi connectivity index (χ2v) is 6.19. The van der Waals surface area contributed by atoms with Crippen molar-refractivity contribution in [2.24, 2.45) is 0 Å². The van der Waals surface area contributed by atoms with Crippen LogP contribution in [0.2, 0.25) is 0 Å². The lowest BCUT2D eigenvalue weighted by Crippen LogP contribution is -2.10. The molecule has 0 spiro atoms. The van der Waals surface area contributed by atoms with Gasteiger partial charge in [-0.15, -0.1) is 0 Å². The Labute approximate surface area is 128 Å². The highest BCUT2D eigenvalue weighted by Gasteiger charge is 2.28. The molecule has 0 bridgehead atoms. The molecule has 122 valence electrons. The maximum Gasteiger partial charge on any atom is 0.398 e. The van der Waals surface area contributed by atoms with Gasteiger partial charge in [-0.3, -0.25) is 0 Å². The first kappa shape index (κ1) is 18.4. The van der Waals surface area contributed by atoms with Gasteiger partial charge in [-0.25, -0.2) is 4.98 Å². The maximum absolute atomic E-state index is 12.2. The van der Waals surface area contributed by atoms with Crippen molar-refractivity contribution >= 4 is 11.8 Å². The zero-order valence-corrected chi connectivity index (χ0v) is 13.5. The van der Waals surface area contributed by atoms with Crippen LogP contribution >= 0.6 is 11.8 Å². The highest BCUT2D eigenvalue weighted by atomic mass is 32.2. The van der Waals surface area contributed by atoms with Crippen molar-refractivity contribution in [2.75, 3.05) is 5.75 Å². The number of thioether (sulfide) groups is 1. The van der Waals surface area contributed by atoms with Crippen molar-refractivity contribution in [3.05, 3.63) is 12.0 Å². The van der Waals surface area contributed by atoms with E-state index in [1.807, 2.05) is 0 Å². The van der Waals surface area contributed by atoms with Gasteiger partial charge in [-0.05, 0) is 12.8 Å². The number of oxazole rings is 1. The molecule has 6 heteroatoms. The third kappa shape index (κ3) is 7.79. The molecule has 1 aromatic heterocycles. The molecule has 0 aliphatic rings. The molecule has 1 aromatic rings. The molecule has 0 amide bonds. The van der Waals surface area contributed by atoms with E-state index in [1.54, 1.807) is 6.20 Å². The molecule has 1 atom stereocenters. The summed E-state index contributed by atoms with van der Waals surface area (Å²) in [6, 6.07) is 0. The Hall–Kier alpha value is -0.650. The number of unbranched alkanes of at least 4 members (excludes halogenated alkanes) is 3. The van der Waals surface area contributed by atoms with Gasteiger partial charge < -0.3 is 4.42 Å². The van der Waals surface area contributed by atoms with E-state index in [9.17, 15) is 13.2 Å². The average Bonchev–Trinajstić information content (AvgIpc) is 2.88. The van der Waals surface area contributed by atoms with Crippen LogP contribution in [0.1, 0.15) is 70.5 Å². The molecule has 0 radical (unpaired) electrons. The highest BCUT2D eigenvalue weighted by molar-refractivity contribution is 7.99. The van der Waals surface area contributed by atoms with Gasteiger partial charge in [0.1, 0.15) is 5.76 Å². The highest BCUT2D eigenvalue weighted by Crippen LogP contribution is 2.32. The summed E-state index contributed by atoms with van der Waals surface area (Å²) < 4.78 is 42.1. The Morgan fingerprint density at radius 3 is 2.43 bits per heavy atom. The van der Waals surface area contributed by atoms with Crippen molar-refractivity contribution in [2.45, 2.75) is 76.1 Å². The number of hydrogen-bond donors (Lipinski definition) is 0. The standard InChI is InChI=1S/C15H24F3NOS/c1-3-5-7-9-12(8-6-4-2)13-10-19-14(20-13)21-11-15(16,17)18/h10,12H,3-9,11H2,1-2H3. The molecule has 1 rings (SSSR count). The smallest absolute Gasteiger partial charge is 0.398 e. The summed E-state index contributed by atoms with van der Waals surface area (Å²) in [6.45, 7) is 4.29. The predicted molar refractivity (Wildman–Crippen MR) is 79.7 cm³/mol. The first-order chi connectivity index (χ1) is 9.96. The van der Waals surface area contributed by atoms with Crippen LogP contribution in [-0.2, 0) is 0 Å². The molecule has 0 aromatic carbocycles. The van der Waals surface area contributed by atoms with Crippen molar-refractivity contribution in [3.8, 4) is 0 Å². The van der Waals surface area contributed by atoms with Gasteiger partial charge in [0.25, 0.3) is 5.22 Å². The van der Waals surface area contributed by atoms with Gasteiger partial charge in [0.15, 0.2) is 0 Å². The third-order valence-electron chi connectivity index (χ3n) is 3.33. The van der Waals surface area contributed by atoms with Gasteiger partial charge in [-0.2, -0.15) is 13.2 Å². The quantitative estimate of drug-likeness (QED) is 0.379. The molecule has 0 aliphatic carbocycles. The van der Waals surface area contributed by atoms with E-state index >= 15 is 0 Å². The minimum atomic E-state index is -4.19. The van der Waals surface area contributed by atoms with Crippen LogP contribution in [0.5, 0.6) is 0 Å². The first-order valence-electron chi connectivity index (χ1n) is 7.61. The monoisotopic (exact) mass is 323 g/mol. The zero-order chi connectivity index (χ0) is 15.7. The van der Waals surface area contributed by atoms with Crippen molar-refractivity contribution in [3.63, 3.8) is 0 Å². The lowest BCUT2D eigenvalue weighted by molar-refractivity contribution is -0.105. The SMILES string of the molecule is CCCCCC(CCCC)c1cnc(SCC(F)(F)F)o1. The second-order valence-electron chi connectivity index (χ2n) is 5.27. The van der Waals surface area contributed by atoms with E-state index in [2.05, 4.69) is 18.8 Å². The van der Waals surface area contributed by atoms with Crippen LogP contribution < -0.4 is 0 Å². The molecule has 0 aliphatic heterocycles. The van der Waals surface area contributed by atoms with Gasteiger partial charge in [-0.1, -0.05) is 57.7 Å². The molecule has 0 N–H and O–H groups in total. The fourth-order valence-electron chi connectivity index (χ4n) is 2.19. The molecule has 0 saturated heterocycles. The van der Waals surface area contributed by atoms with Crippen molar-refractivity contribution in [1.29, 1.82) is 0 Å². The number of nitrogens with zero attached hydrogens (tertiary/aromatic N) is 1. The van der Waals surface area contributed by atoms with Gasteiger partial charge in [0.05, 0.1) is 11.9 Å². The largest absolute Gasteiger partial charge is 0.436 e. The van der Waals surface area contributed by atoms with Gasteiger partial charge in [0.2, 0.25) is 0 Å². The van der Waals surface area contributed by atoms with Crippen LogP contribution in [0, 0.1) is 0 Å². The minimum absolute atomic E-state index is 0.124. The summed E-state index contributed by atoms with van der Waals surface area (Å²) in [5.41, 5.74) is 0. The average molecular weight is 323 g/mol. The number of aromatic nitrogens is 1. The third-order valence-corrected chi connectivity index (χ3v) is 4.23. The number of rotatable bonds is 10. The van der Waals surface area contributed by atoms with Crippen LogP contribution in [0.25, 0.3) is 0 Å². The van der Waals surface area contributed by atoms with E-state index in [0.717, 1.165) is 44.3 Å². The predicted octanol–water partition coefficient (Wildman–Crippen LogP) is 6.18. The Balaban J connectivity index is 2.58. The van der Waals surface area contributed by atoms with Crippen LogP contribution in [0.3, 0.4) is 0 Å². The van der Waals surface area contributed by atoms with E-state index in [0.29, 0.717) is 11.8 Å². The van der Waals surface area contributed by atoms with Crippen LogP contribution in [-0.4, -0.2) is 16.9 Å². The Morgan fingerprint density at radius 1 is 1.14 bits per heavy atom. The van der Waals surface area contributed by atoms with Crippen molar-refractivity contribution < 1.29 is 17.6 Å². The summed E-state index contributed by atoms with van der Waals surface area (Å²) in [5.74, 6) is 0.0658. The Bertz CT molecular complexity index is 393. The van der Waals surface area contributed by atoms with Crippen LogP contribution in [0.15, 0.2) is 15.8 Å². The lowest BCUT2D eigenvalue weighted by Gasteiger charge is -2.13. The van der Waals surface area contributed by atoms with Gasteiger partial charge in [0, 0.05) is 5.92 Å². The first-order valence-corrected chi connectivity index (χ1v) is 8.60. The summed E-state index contributed by atoms with van der Waals surface area (Å²) in [4.78, 5) is 3.97. The number of alkyl halides is 3. The number of hydrogen-bond acceptors (Lipinski definition) is 3. The molecule has 21 heavy (non-hydrogen) atoms. The van der Waals surface area contributed by atoms with E-state index in [1.165, 1.54) is 6.42 Å². The zero-order valence-electron chi connectivity index (χ0n) is 12.7. The van der Waals surface area contributed by atoms with E-state index in [4.69, 9.17) is 4.42 Å². The Kier molecular flexibility index (Phi) is 8.22. The van der Waals surface area contributed by atoms with Crippen molar-refractivity contribution in [1.82, 2.24) is 4.98 Å². The summed E-state index contributed by atoms with van der Waals surface area (Å²) >= 11 is 0.615. The molecule has 0 fully saturated rings. The molecular formula is C15H24F3NOS. The molecule has 2 nitrogen and oxygen atoms in total. The fourth-order valence-corrected chi connectivity index (χ4v) is 2.76. The Morgan fingerprint density at radius 2 is 1.81 bits per heavy atom. The summed E-state index contributed by atoms with van der Waals surface area (Å²) in [5, 5.41) is 0.124. The van der Waals surface area contributed by atoms with Crippen LogP contribution in [0.4, 0.5) is 13.2 Å². The molecular weight excluding hydrogens is 299 g/mol. The summed E-state index contributed by atoms with van der Waals surface area (Å²) in [6.07, 6.45) is 5.10. The molecule has 0 saturated carbocycles. The second kappa shape index (κ2) is 9.38. The normalized spacial score (nSPS) is 13.6. The maximum atomic E-state index is 12.2. The number of halogens is 3. The summed E-state index contributed by atoms with van der Waals surface area (Å²) in [7, 11) is 0. The minimum Gasteiger partial charge on any atom is -0.436 e. The lowest BCUT2D eigenvalue weighted by atomic mass is 9.94. The van der Waals surface area contributed by atoms with Gasteiger partial charge >= 0.3 is 6.18 Å². The molecule has 1 heterocycles. The topological polar surface area (TPSA) is 26.0 Å². The van der Waals surface area contributed by atoms with E-state index < -0.39 is 11.9 Å².